The maximum Gasteiger partial charge on any atom is 0.332 e. The molecule has 4 atom stereocenters. The largest absolute Gasteiger partial charge is 0.373 e. The number of hydrogen-bond donors (Lipinski definition) is 1. The quantitative estimate of drug-likeness (QED) is 0.625. The van der Waals surface area contributed by atoms with E-state index < -0.39 is 0 Å². The first-order valence-electron chi connectivity index (χ1n) is 7.69. The van der Waals surface area contributed by atoms with E-state index in [9.17, 15) is 4.79 Å². The normalized spacial score (nSPS) is 43.7. The number of nitrogens with zero attached hydrogens (tertiary/aromatic N) is 1. The molecule has 1 saturated carbocycles. The third kappa shape index (κ3) is 2.01. The molecule has 4 nitrogen and oxygen atoms in total. The highest BCUT2D eigenvalue weighted by Gasteiger charge is 2.65. The second kappa shape index (κ2) is 4.89. The lowest BCUT2D eigenvalue weighted by molar-refractivity contribution is -0.176. The molecule has 0 aromatic heterocycles. The number of thioether (sulfide) groups is 1. The van der Waals surface area contributed by atoms with Gasteiger partial charge < -0.3 is 4.84 Å². The molecule has 0 aromatic carbocycles. The van der Waals surface area contributed by atoms with Crippen molar-refractivity contribution in [1.29, 1.82) is 0 Å². The van der Waals surface area contributed by atoms with Crippen LogP contribution in [-0.2, 0) is 9.63 Å². The lowest BCUT2D eigenvalue weighted by Crippen LogP contribution is -2.66. The molecule has 114 valence electrons. The van der Waals surface area contributed by atoms with Crippen molar-refractivity contribution < 1.29 is 9.63 Å². The molecule has 2 N–H and O–H groups in total. The first kappa shape index (κ1) is 14.7. The molecule has 0 bridgehead atoms. The number of hydrogen-bond acceptors (Lipinski definition) is 5. The van der Waals surface area contributed by atoms with Crippen LogP contribution in [0.3, 0.4) is 0 Å². The SMILES string of the molecule is CN1C2CCCCC2C(C(=O)ON)(C2CS2)CC1(C)C. The summed E-state index contributed by atoms with van der Waals surface area (Å²) in [5, 5.41) is 0.414. The van der Waals surface area contributed by atoms with Crippen LogP contribution in [0.25, 0.3) is 0 Å². The molecule has 2 heterocycles. The standard InChI is InChI=1S/C15H26N2O2S/c1-14(2)9-15(12-8-20-12,13(18)19-16)10-6-4-5-7-11(10)17(14)3/h10-12H,4-9,16H2,1-3H3. The maximum atomic E-state index is 12.6. The number of piperidine rings is 1. The van der Waals surface area contributed by atoms with Crippen LogP contribution in [0.1, 0.15) is 46.0 Å². The predicted molar refractivity (Wildman–Crippen MR) is 81.2 cm³/mol. The van der Waals surface area contributed by atoms with E-state index >= 15 is 0 Å². The number of nitrogens with two attached hydrogens (primary N) is 1. The van der Waals surface area contributed by atoms with Crippen LogP contribution in [0.15, 0.2) is 0 Å². The average molecular weight is 298 g/mol. The van der Waals surface area contributed by atoms with Gasteiger partial charge in [-0.05, 0) is 46.1 Å². The van der Waals surface area contributed by atoms with E-state index in [-0.39, 0.29) is 16.9 Å². The Labute approximate surface area is 125 Å². The summed E-state index contributed by atoms with van der Waals surface area (Å²) in [5.41, 5.74) is -0.337. The fraction of sp³-hybridized carbons (Fsp3) is 0.933. The highest BCUT2D eigenvalue weighted by Crippen LogP contribution is 2.60. The minimum absolute atomic E-state index is 0.0237. The van der Waals surface area contributed by atoms with Crippen molar-refractivity contribution in [1.82, 2.24) is 4.90 Å². The average Bonchev–Trinajstić information content (AvgIpc) is 3.27. The Hall–Kier alpha value is -0.260. The van der Waals surface area contributed by atoms with Gasteiger partial charge in [-0.3, -0.25) is 4.90 Å². The zero-order valence-electron chi connectivity index (χ0n) is 12.7. The summed E-state index contributed by atoms with van der Waals surface area (Å²) in [4.78, 5) is 19.9. The lowest BCUT2D eigenvalue weighted by Gasteiger charge is -2.59. The van der Waals surface area contributed by atoms with Crippen molar-refractivity contribution in [3.8, 4) is 0 Å². The van der Waals surface area contributed by atoms with Crippen LogP contribution in [0.4, 0.5) is 0 Å². The molecular weight excluding hydrogens is 272 g/mol. The molecule has 4 unspecified atom stereocenters. The summed E-state index contributed by atoms with van der Waals surface area (Å²) in [7, 11) is 2.22. The third-order valence-corrected chi connectivity index (χ3v) is 7.05. The van der Waals surface area contributed by atoms with Gasteiger partial charge in [-0.2, -0.15) is 17.7 Å². The summed E-state index contributed by atoms with van der Waals surface area (Å²) < 4.78 is 0. The van der Waals surface area contributed by atoms with E-state index in [1.165, 1.54) is 19.3 Å². The van der Waals surface area contributed by atoms with Gasteiger partial charge in [-0.25, -0.2) is 4.79 Å². The summed E-state index contributed by atoms with van der Waals surface area (Å²) >= 11 is 1.90. The van der Waals surface area contributed by atoms with E-state index in [2.05, 4.69) is 25.8 Å². The van der Waals surface area contributed by atoms with Gasteiger partial charge in [0.25, 0.3) is 0 Å². The molecule has 5 heteroatoms. The second-order valence-electron chi connectivity index (χ2n) is 7.33. The highest BCUT2D eigenvalue weighted by molar-refractivity contribution is 8.07. The van der Waals surface area contributed by atoms with E-state index in [4.69, 9.17) is 10.7 Å². The van der Waals surface area contributed by atoms with Gasteiger partial charge in [-0.15, -0.1) is 0 Å². The number of rotatable bonds is 2. The predicted octanol–water partition coefficient (Wildman–Crippen LogP) is 2.18. The lowest BCUT2D eigenvalue weighted by atomic mass is 9.57. The van der Waals surface area contributed by atoms with Crippen LogP contribution < -0.4 is 5.90 Å². The number of likely N-dealkylation sites (tertiary alicyclic amines) is 1. The van der Waals surface area contributed by atoms with Crippen LogP contribution in [0.2, 0.25) is 0 Å². The van der Waals surface area contributed by atoms with Crippen LogP contribution in [0, 0.1) is 11.3 Å². The molecule has 1 aliphatic carbocycles. The Balaban J connectivity index is 2.04. The van der Waals surface area contributed by atoms with E-state index in [1.54, 1.807) is 0 Å². The van der Waals surface area contributed by atoms with Gasteiger partial charge in [0.1, 0.15) is 0 Å². The molecule has 0 spiro atoms. The van der Waals surface area contributed by atoms with Crippen molar-refractivity contribution in [2.75, 3.05) is 12.8 Å². The van der Waals surface area contributed by atoms with E-state index in [1.807, 2.05) is 11.8 Å². The van der Waals surface area contributed by atoms with Crippen molar-refractivity contribution in [3.63, 3.8) is 0 Å². The fourth-order valence-corrected chi connectivity index (χ4v) is 5.80. The summed E-state index contributed by atoms with van der Waals surface area (Å²) in [5.74, 6) is 6.65. The minimum Gasteiger partial charge on any atom is -0.373 e. The molecule has 20 heavy (non-hydrogen) atoms. The Morgan fingerprint density at radius 1 is 1.35 bits per heavy atom. The topological polar surface area (TPSA) is 55.6 Å². The van der Waals surface area contributed by atoms with Crippen molar-refractivity contribution in [3.05, 3.63) is 0 Å². The molecule has 3 rings (SSSR count). The number of carbonyl (C=O) groups is 1. The first-order valence-corrected chi connectivity index (χ1v) is 8.74. The van der Waals surface area contributed by atoms with Gasteiger partial charge in [0.15, 0.2) is 0 Å². The zero-order chi connectivity index (χ0) is 14.5. The Morgan fingerprint density at radius 2 is 2.00 bits per heavy atom. The van der Waals surface area contributed by atoms with E-state index in [0.717, 1.165) is 18.6 Å². The molecule has 3 aliphatic rings. The molecule has 0 radical (unpaired) electrons. The van der Waals surface area contributed by atoms with Crippen molar-refractivity contribution in [2.45, 2.75) is 62.8 Å². The third-order valence-electron chi connectivity index (χ3n) is 5.96. The van der Waals surface area contributed by atoms with Crippen LogP contribution in [-0.4, -0.2) is 40.5 Å². The Bertz CT molecular complexity index is 411. The van der Waals surface area contributed by atoms with Gasteiger partial charge in [0.05, 0.1) is 5.41 Å². The Morgan fingerprint density at radius 3 is 2.60 bits per heavy atom. The van der Waals surface area contributed by atoms with Crippen molar-refractivity contribution in [2.24, 2.45) is 17.2 Å². The summed E-state index contributed by atoms with van der Waals surface area (Å²) in [6, 6.07) is 0.493. The number of fused-ring (bicyclic) bond motifs is 1. The van der Waals surface area contributed by atoms with Gasteiger partial charge in [-0.1, -0.05) is 12.8 Å². The van der Waals surface area contributed by atoms with Crippen molar-refractivity contribution >= 4 is 17.7 Å². The number of carbonyl (C=O) groups excluding carboxylic acids is 1. The minimum atomic E-state index is -0.361. The van der Waals surface area contributed by atoms with Gasteiger partial charge in [0, 0.05) is 22.6 Å². The van der Waals surface area contributed by atoms with Gasteiger partial charge >= 0.3 is 5.97 Å². The Kier molecular flexibility index (Phi) is 3.58. The fourth-order valence-electron chi connectivity index (χ4n) is 4.76. The smallest absolute Gasteiger partial charge is 0.332 e. The highest BCUT2D eigenvalue weighted by atomic mass is 32.2. The van der Waals surface area contributed by atoms with E-state index in [0.29, 0.717) is 17.2 Å². The molecule has 0 amide bonds. The maximum absolute atomic E-state index is 12.6. The molecular formula is C15H26N2O2S. The first-order chi connectivity index (χ1) is 9.43. The van der Waals surface area contributed by atoms with Crippen LogP contribution >= 0.6 is 11.8 Å². The second-order valence-corrected chi connectivity index (χ2v) is 8.56. The van der Waals surface area contributed by atoms with Crippen LogP contribution in [0.5, 0.6) is 0 Å². The summed E-state index contributed by atoms with van der Waals surface area (Å²) in [6.07, 6.45) is 5.70. The monoisotopic (exact) mass is 298 g/mol. The molecule has 2 saturated heterocycles. The summed E-state index contributed by atoms with van der Waals surface area (Å²) in [6.45, 7) is 4.51. The molecule has 0 aromatic rings. The molecule has 2 aliphatic heterocycles. The van der Waals surface area contributed by atoms with Gasteiger partial charge in [0.2, 0.25) is 0 Å². The molecule has 3 fully saturated rings. The zero-order valence-corrected chi connectivity index (χ0v) is 13.5.